The zero-order valence-corrected chi connectivity index (χ0v) is 16.2. The fraction of sp³-hybridized carbons (Fsp3) is 0.0500. The Morgan fingerprint density at radius 2 is 1.80 bits per heavy atom. The van der Waals surface area contributed by atoms with Crippen LogP contribution in [0.25, 0.3) is 20.8 Å². The molecule has 4 aromatic rings. The van der Waals surface area contributed by atoms with E-state index in [9.17, 15) is 0 Å². The van der Waals surface area contributed by atoms with Gasteiger partial charge in [-0.25, -0.2) is 4.98 Å². The zero-order chi connectivity index (χ0) is 17.2. The zero-order valence-electron chi connectivity index (χ0n) is 13.1. The van der Waals surface area contributed by atoms with Crippen molar-refractivity contribution in [1.82, 2.24) is 4.98 Å². The number of rotatable bonds is 4. The van der Waals surface area contributed by atoms with E-state index in [0.717, 1.165) is 31.9 Å². The van der Waals surface area contributed by atoms with Gasteiger partial charge >= 0.3 is 0 Å². The van der Waals surface area contributed by atoms with E-state index >= 15 is 0 Å². The van der Waals surface area contributed by atoms with Crippen LogP contribution in [0.4, 0.5) is 0 Å². The first kappa shape index (κ1) is 16.6. The van der Waals surface area contributed by atoms with Crippen molar-refractivity contribution in [3.05, 3.63) is 81.8 Å². The van der Waals surface area contributed by atoms with Gasteiger partial charge in [-0.3, -0.25) is 0 Å². The van der Waals surface area contributed by atoms with Crippen molar-refractivity contribution in [3.63, 3.8) is 0 Å². The molecule has 0 fully saturated rings. The Bertz CT molecular complexity index is 1010. The van der Waals surface area contributed by atoms with Crippen LogP contribution in [0.3, 0.4) is 0 Å². The van der Waals surface area contributed by atoms with Gasteiger partial charge in [0.15, 0.2) is 0 Å². The fourth-order valence-corrected chi connectivity index (χ4v) is 4.16. The van der Waals surface area contributed by atoms with E-state index < -0.39 is 0 Å². The second-order valence-electron chi connectivity index (χ2n) is 5.51. The molecule has 5 heteroatoms. The van der Waals surface area contributed by atoms with Crippen molar-refractivity contribution < 1.29 is 4.74 Å². The fourth-order valence-electron chi connectivity index (χ4n) is 2.52. The molecule has 0 aliphatic rings. The maximum absolute atomic E-state index is 6.18. The van der Waals surface area contributed by atoms with Crippen LogP contribution in [0.2, 0.25) is 5.02 Å². The molecule has 0 amide bonds. The number of hydrogen-bond acceptors (Lipinski definition) is 3. The third-order valence-corrected chi connectivity index (χ3v) is 5.89. The molecule has 0 N–H and O–H groups in total. The van der Waals surface area contributed by atoms with Gasteiger partial charge in [-0.05, 0) is 52.3 Å². The van der Waals surface area contributed by atoms with Crippen molar-refractivity contribution >= 4 is 49.1 Å². The number of hydrogen-bond donors (Lipinski definition) is 0. The summed E-state index contributed by atoms with van der Waals surface area (Å²) in [6.45, 7) is 0.429. The lowest BCUT2D eigenvalue weighted by Crippen LogP contribution is -1.96. The molecule has 0 spiro atoms. The summed E-state index contributed by atoms with van der Waals surface area (Å²) < 4.78 is 7.99. The number of ether oxygens (including phenoxy) is 1. The van der Waals surface area contributed by atoms with Crippen molar-refractivity contribution in [3.8, 4) is 16.3 Å². The summed E-state index contributed by atoms with van der Waals surface area (Å²) in [6, 6.07) is 21.9. The Kier molecular flexibility index (Phi) is 4.75. The SMILES string of the molecule is Clc1ccccc1COc1ccc(-c2nc3ccccc3s2)cc1Br. The maximum Gasteiger partial charge on any atom is 0.134 e. The number of benzene rings is 3. The molecule has 0 unspecified atom stereocenters. The molecule has 0 atom stereocenters. The van der Waals surface area contributed by atoms with E-state index in [2.05, 4.69) is 22.0 Å². The largest absolute Gasteiger partial charge is 0.488 e. The molecule has 0 bridgehead atoms. The number of halogens is 2. The third kappa shape index (κ3) is 3.56. The molecule has 1 aromatic heterocycles. The quantitative estimate of drug-likeness (QED) is 0.349. The first-order valence-corrected chi connectivity index (χ1v) is 9.71. The highest BCUT2D eigenvalue weighted by atomic mass is 79.9. The Morgan fingerprint density at radius 3 is 2.60 bits per heavy atom. The van der Waals surface area contributed by atoms with Crippen molar-refractivity contribution in [1.29, 1.82) is 0 Å². The second-order valence-corrected chi connectivity index (χ2v) is 7.80. The van der Waals surface area contributed by atoms with Gasteiger partial charge < -0.3 is 4.74 Å². The first-order chi connectivity index (χ1) is 12.2. The van der Waals surface area contributed by atoms with Gasteiger partial charge in [0.1, 0.15) is 17.4 Å². The van der Waals surface area contributed by atoms with Crippen molar-refractivity contribution in [2.45, 2.75) is 6.61 Å². The van der Waals surface area contributed by atoms with Crippen LogP contribution in [-0.4, -0.2) is 4.98 Å². The van der Waals surface area contributed by atoms with Gasteiger partial charge in [-0.1, -0.05) is 41.9 Å². The molecule has 2 nitrogen and oxygen atoms in total. The monoisotopic (exact) mass is 429 g/mol. The molecular weight excluding hydrogens is 418 g/mol. The van der Waals surface area contributed by atoms with Crippen LogP contribution in [0.5, 0.6) is 5.75 Å². The van der Waals surface area contributed by atoms with Gasteiger partial charge in [0.2, 0.25) is 0 Å². The van der Waals surface area contributed by atoms with Crippen LogP contribution < -0.4 is 4.74 Å². The summed E-state index contributed by atoms with van der Waals surface area (Å²) >= 11 is 11.5. The highest BCUT2D eigenvalue weighted by molar-refractivity contribution is 9.10. The molecule has 4 rings (SSSR count). The molecule has 0 aliphatic carbocycles. The second kappa shape index (κ2) is 7.16. The lowest BCUT2D eigenvalue weighted by molar-refractivity contribution is 0.304. The minimum absolute atomic E-state index is 0.429. The minimum Gasteiger partial charge on any atom is -0.488 e. The smallest absolute Gasteiger partial charge is 0.134 e. The van der Waals surface area contributed by atoms with Crippen LogP contribution in [0.1, 0.15) is 5.56 Å². The van der Waals surface area contributed by atoms with E-state index in [-0.39, 0.29) is 0 Å². The number of para-hydroxylation sites is 1. The molecule has 0 saturated carbocycles. The Balaban J connectivity index is 1.57. The maximum atomic E-state index is 6.18. The lowest BCUT2D eigenvalue weighted by Gasteiger charge is -2.10. The van der Waals surface area contributed by atoms with Crippen molar-refractivity contribution in [2.75, 3.05) is 0 Å². The standard InChI is InChI=1S/C20H13BrClNOS/c21-15-11-13(20-23-17-7-3-4-8-19(17)25-20)9-10-18(15)24-12-14-5-1-2-6-16(14)22/h1-11H,12H2. The highest BCUT2D eigenvalue weighted by Crippen LogP contribution is 2.35. The van der Waals surface area contributed by atoms with E-state index in [1.165, 1.54) is 4.70 Å². The summed E-state index contributed by atoms with van der Waals surface area (Å²) in [7, 11) is 0. The average molecular weight is 431 g/mol. The Hall–Kier alpha value is -1.88. The van der Waals surface area contributed by atoms with Gasteiger partial charge in [-0.2, -0.15) is 0 Å². The Morgan fingerprint density at radius 1 is 1.00 bits per heavy atom. The summed E-state index contributed by atoms with van der Waals surface area (Å²) in [5, 5.41) is 1.71. The summed E-state index contributed by atoms with van der Waals surface area (Å²) in [4.78, 5) is 4.70. The molecular formula is C20H13BrClNOS. The summed E-state index contributed by atoms with van der Waals surface area (Å²) in [5.74, 6) is 0.782. The van der Waals surface area contributed by atoms with Crippen LogP contribution in [-0.2, 0) is 6.61 Å². The number of thiazole rings is 1. The van der Waals surface area contributed by atoms with E-state index in [0.29, 0.717) is 11.6 Å². The van der Waals surface area contributed by atoms with E-state index in [4.69, 9.17) is 21.3 Å². The van der Waals surface area contributed by atoms with E-state index in [1.54, 1.807) is 11.3 Å². The van der Waals surface area contributed by atoms with Gasteiger partial charge in [-0.15, -0.1) is 11.3 Å². The Labute approximate surface area is 163 Å². The average Bonchev–Trinajstić information content (AvgIpc) is 3.06. The molecule has 0 aliphatic heterocycles. The third-order valence-electron chi connectivity index (χ3n) is 3.81. The van der Waals surface area contributed by atoms with Crippen LogP contribution in [0, 0.1) is 0 Å². The van der Waals surface area contributed by atoms with Gasteiger partial charge in [0.25, 0.3) is 0 Å². The normalized spacial score (nSPS) is 11.0. The first-order valence-electron chi connectivity index (χ1n) is 7.72. The number of nitrogens with zero attached hydrogens (tertiary/aromatic N) is 1. The van der Waals surface area contributed by atoms with Gasteiger partial charge in [0.05, 0.1) is 14.7 Å². The highest BCUT2D eigenvalue weighted by Gasteiger charge is 2.10. The summed E-state index contributed by atoms with van der Waals surface area (Å²) in [6.07, 6.45) is 0. The summed E-state index contributed by atoms with van der Waals surface area (Å²) in [5.41, 5.74) is 3.06. The van der Waals surface area contributed by atoms with E-state index in [1.807, 2.05) is 60.7 Å². The molecule has 0 radical (unpaired) electrons. The molecule has 124 valence electrons. The minimum atomic E-state index is 0.429. The lowest BCUT2D eigenvalue weighted by atomic mass is 10.2. The number of fused-ring (bicyclic) bond motifs is 1. The molecule has 25 heavy (non-hydrogen) atoms. The topological polar surface area (TPSA) is 22.1 Å². The molecule has 1 heterocycles. The van der Waals surface area contributed by atoms with Crippen LogP contribution in [0.15, 0.2) is 71.2 Å². The van der Waals surface area contributed by atoms with Gasteiger partial charge in [0, 0.05) is 16.1 Å². The molecule has 3 aromatic carbocycles. The predicted octanol–water partition coefficient (Wildman–Crippen LogP) is 6.96. The number of aromatic nitrogens is 1. The van der Waals surface area contributed by atoms with Crippen molar-refractivity contribution in [2.24, 2.45) is 0 Å². The molecule has 0 saturated heterocycles. The predicted molar refractivity (Wildman–Crippen MR) is 109 cm³/mol. The van der Waals surface area contributed by atoms with Crippen LogP contribution >= 0.6 is 38.9 Å².